The Morgan fingerprint density at radius 2 is 1.48 bits per heavy atom. The van der Waals surface area contributed by atoms with Crippen LogP contribution in [0.25, 0.3) is 0 Å². The first-order valence-corrected chi connectivity index (χ1v) is 10.9. The predicted octanol–water partition coefficient (Wildman–Crippen LogP) is 4.51. The van der Waals surface area contributed by atoms with Gasteiger partial charge in [-0.05, 0) is 42.0 Å². The van der Waals surface area contributed by atoms with Crippen LogP contribution in [0.15, 0.2) is 83.8 Å². The minimum Gasteiger partial charge on any atom is -0.350 e. The lowest BCUT2D eigenvalue weighted by molar-refractivity contribution is -0.119. The van der Waals surface area contributed by atoms with Crippen molar-refractivity contribution < 1.29 is 13.2 Å². The van der Waals surface area contributed by atoms with Gasteiger partial charge < -0.3 is 5.32 Å². The van der Waals surface area contributed by atoms with Crippen molar-refractivity contribution in [2.75, 3.05) is 10.8 Å². The second kappa shape index (κ2) is 9.31. The number of sulfonamides is 1. The van der Waals surface area contributed by atoms with E-state index >= 15 is 0 Å². The summed E-state index contributed by atoms with van der Waals surface area (Å²) < 4.78 is 27.4. The topological polar surface area (TPSA) is 66.5 Å². The molecule has 0 bridgehead atoms. The number of nitrogens with one attached hydrogen (secondary N) is 1. The molecule has 0 aliphatic rings. The highest BCUT2D eigenvalue weighted by Gasteiger charge is 2.28. The summed E-state index contributed by atoms with van der Waals surface area (Å²) in [6, 6.07) is 21.4. The quantitative estimate of drug-likeness (QED) is 0.578. The summed E-state index contributed by atoms with van der Waals surface area (Å²) in [5.74, 6) is -0.459. The average molecular weight is 449 g/mol. The zero-order valence-corrected chi connectivity index (χ0v) is 17.6. The van der Waals surface area contributed by atoms with E-state index in [-0.39, 0.29) is 22.2 Å². The number of para-hydroxylation sites is 1. The van der Waals surface area contributed by atoms with Gasteiger partial charge in [0.1, 0.15) is 6.54 Å². The van der Waals surface area contributed by atoms with Crippen LogP contribution in [0.2, 0.25) is 10.0 Å². The molecule has 0 unspecified atom stereocenters. The molecule has 0 aliphatic heterocycles. The lowest BCUT2D eigenvalue weighted by atomic mass is 10.2. The molecule has 1 amide bonds. The van der Waals surface area contributed by atoms with Crippen molar-refractivity contribution in [1.82, 2.24) is 5.32 Å². The number of rotatable bonds is 7. The molecule has 0 saturated heterocycles. The number of carbonyl (C=O) groups excluding carboxylic acids is 1. The van der Waals surface area contributed by atoms with Crippen molar-refractivity contribution in [3.63, 3.8) is 0 Å². The second-order valence-corrected chi connectivity index (χ2v) is 8.89. The van der Waals surface area contributed by atoms with Crippen molar-refractivity contribution in [2.24, 2.45) is 0 Å². The largest absolute Gasteiger partial charge is 0.350 e. The molecule has 0 aromatic heterocycles. The van der Waals surface area contributed by atoms with Crippen molar-refractivity contribution >= 4 is 44.8 Å². The van der Waals surface area contributed by atoms with E-state index in [0.717, 1.165) is 9.87 Å². The van der Waals surface area contributed by atoms with Gasteiger partial charge in [-0.3, -0.25) is 9.10 Å². The molecule has 3 rings (SSSR count). The second-order valence-electron chi connectivity index (χ2n) is 6.18. The first-order chi connectivity index (χ1) is 13.9. The number of benzene rings is 3. The van der Waals surface area contributed by atoms with E-state index in [9.17, 15) is 13.2 Å². The highest BCUT2D eigenvalue weighted by molar-refractivity contribution is 7.92. The minimum absolute atomic E-state index is 0.0745. The molecule has 8 heteroatoms. The Kier molecular flexibility index (Phi) is 6.79. The van der Waals surface area contributed by atoms with Gasteiger partial charge in [-0.25, -0.2) is 8.42 Å². The molecule has 5 nitrogen and oxygen atoms in total. The summed E-state index contributed by atoms with van der Waals surface area (Å²) in [6.45, 7) is -0.160. The van der Waals surface area contributed by atoms with Gasteiger partial charge in [-0.15, -0.1) is 0 Å². The predicted molar refractivity (Wildman–Crippen MR) is 116 cm³/mol. The molecule has 1 N–H and O–H groups in total. The van der Waals surface area contributed by atoms with Crippen LogP contribution in [0.1, 0.15) is 5.56 Å². The third-order valence-corrected chi connectivity index (χ3v) is 6.49. The Labute approximate surface area is 179 Å². The molecular formula is C21H18Cl2N2O3S. The van der Waals surface area contributed by atoms with Crippen LogP contribution in [-0.2, 0) is 21.4 Å². The fourth-order valence-electron chi connectivity index (χ4n) is 2.66. The monoisotopic (exact) mass is 448 g/mol. The number of halogens is 2. The first-order valence-electron chi connectivity index (χ1n) is 8.71. The van der Waals surface area contributed by atoms with E-state index < -0.39 is 22.5 Å². The van der Waals surface area contributed by atoms with Gasteiger partial charge in [-0.2, -0.15) is 0 Å². The van der Waals surface area contributed by atoms with Gasteiger partial charge >= 0.3 is 0 Å². The van der Waals surface area contributed by atoms with Crippen molar-refractivity contribution in [1.29, 1.82) is 0 Å². The number of hydrogen-bond donors (Lipinski definition) is 1. The Hall–Kier alpha value is -2.54. The Morgan fingerprint density at radius 1 is 0.862 bits per heavy atom. The summed E-state index contributed by atoms with van der Waals surface area (Å²) in [4.78, 5) is 12.6. The molecule has 0 radical (unpaired) electrons. The number of anilines is 1. The van der Waals surface area contributed by atoms with E-state index in [1.54, 1.807) is 66.7 Å². The maximum Gasteiger partial charge on any atom is 0.264 e. The summed E-state index contributed by atoms with van der Waals surface area (Å²) in [6.07, 6.45) is 0. The molecule has 0 heterocycles. The normalized spacial score (nSPS) is 11.1. The van der Waals surface area contributed by atoms with E-state index in [4.69, 9.17) is 23.2 Å². The van der Waals surface area contributed by atoms with Gasteiger partial charge in [0.2, 0.25) is 5.91 Å². The fourth-order valence-corrected chi connectivity index (χ4v) is 4.54. The summed E-state index contributed by atoms with van der Waals surface area (Å²) >= 11 is 12.1. The standard InChI is InChI=1S/C21H18Cl2N2O3S/c22-17-12-10-16(11-13-17)14-24-21(26)15-25(20-9-5-4-8-19(20)23)29(27,28)18-6-2-1-3-7-18/h1-13H,14-15H2,(H,24,26). The maximum absolute atomic E-state index is 13.2. The molecule has 3 aromatic rings. The summed E-state index contributed by atoms with van der Waals surface area (Å²) in [7, 11) is -3.99. The Morgan fingerprint density at radius 3 is 2.14 bits per heavy atom. The summed E-state index contributed by atoms with van der Waals surface area (Å²) in [5, 5.41) is 3.56. The Bertz CT molecular complexity index is 1090. The molecular weight excluding hydrogens is 431 g/mol. The number of amides is 1. The fraction of sp³-hybridized carbons (Fsp3) is 0.0952. The zero-order chi connectivity index (χ0) is 20.9. The van der Waals surface area contributed by atoms with E-state index in [0.29, 0.717) is 5.02 Å². The van der Waals surface area contributed by atoms with Crippen LogP contribution in [-0.4, -0.2) is 20.9 Å². The van der Waals surface area contributed by atoms with Crippen molar-refractivity contribution in [3.05, 3.63) is 94.5 Å². The molecule has 0 saturated carbocycles. The van der Waals surface area contributed by atoms with Crippen molar-refractivity contribution in [2.45, 2.75) is 11.4 Å². The van der Waals surface area contributed by atoms with Gasteiger partial charge in [-0.1, -0.05) is 65.7 Å². The van der Waals surface area contributed by atoms with Crippen LogP contribution in [0, 0.1) is 0 Å². The maximum atomic E-state index is 13.2. The van der Waals surface area contributed by atoms with E-state index in [1.165, 1.54) is 12.1 Å². The first kappa shape index (κ1) is 21.2. The number of carbonyl (C=O) groups is 1. The van der Waals surface area contributed by atoms with E-state index in [1.807, 2.05) is 0 Å². The molecule has 0 atom stereocenters. The van der Waals surface area contributed by atoms with Gasteiger partial charge in [0.15, 0.2) is 0 Å². The Balaban J connectivity index is 1.85. The van der Waals surface area contributed by atoms with Crippen molar-refractivity contribution in [3.8, 4) is 0 Å². The molecule has 3 aromatic carbocycles. The van der Waals surface area contributed by atoms with Gasteiger partial charge in [0.05, 0.1) is 15.6 Å². The molecule has 0 spiro atoms. The van der Waals surface area contributed by atoms with Crippen LogP contribution in [0.3, 0.4) is 0 Å². The highest BCUT2D eigenvalue weighted by Crippen LogP contribution is 2.30. The molecule has 29 heavy (non-hydrogen) atoms. The molecule has 0 fully saturated rings. The van der Waals surface area contributed by atoms with Gasteiger partial charge in [0, 0.05) is 11.6 Å². The highest BCUT2D eigenvalue weighted by atomic mass is 35.5. The van der Waals surface area contributed by atoms with Crippen LogP contribution in [0.5, 0.6) is 0 Å². The van der Waals surface area contributed by atoms with Crippen LogP contribution in [0.4, 0.5) is 5.69 Å². The lowest BCUT2D eigenvalue weighted by Crippen LogP contribution is -2.40. The van der Waals surface area contributed by atoms with E-state index in [2.05, 4.69) is 5.32 Å². The number of nitrogens with zero attached hydrogens (tertiary/aromatic N) is 1. The summed E-state index contributed by atoms with van der Waals surface area (Å²) in [5.41, 5.74) is 1.08. The smallest absolute Gasteiger partial charge is 0.264 e. The molecule has 150 valence electrons. The third kappa shape index (κ3) is 5.29. The molecule has 0 aliphatic carbocycles. The van der Waals surface area contributed by atoms with Crippen LogP contribution >= 0.6 is 23.2 Å². The third-order valence-electron chi connectivity index (χ3n) is 4.14. The average Bonchev–Trinajstić information content (AvgIpc) is 2.73. The SMILES string of the molecule is O=C(CN(c1ccccc1Cl)S(=O)(=O)c1ccccc1)NCc1ccc(Cl)cc1. The number of hydrogen-bond acceptors (Lipinski definition) is 3. The zero-order valence-electron chi connectivity index (χ0n) is 15.3. The van der Waals surface area contributed by atoms with Gasteiger partial charge in [0.25, 0.3) is 10.0 Å². The lowest BCUT2D eigenvalue weighted by Gasteiger charge is -2.25. The minimum atomic E-state index is -3.99. The van der Waals surface area contributed by atoms with Crippen LogP contribution < -0.4 is 9.62 Å².